The van der Waals surface area contributed by atoms with Crippen molar-refractivity contribution in [3.05, 3.63) is 33.2 Å². The fourth-order valence-electron chi connectivity index (χ4n) is 2.64. The molecule has 2 heterocycles. The van der Waals surface area contributed by atoms with Gasteiger partial charge < -0.3 is 15.2 Å². The molecule has 7 heteroatoms. The number of nitrogens with zero attached hydrogens (tertiary/aromatic N) is 2. The number of rotatable bonds is 3. The lowest BCUT2D eigenvalue weighted by Gasteiger charge is -2.42. The Kier molecular flexibility index (Phi) is 6.65. The van der Waals surface area contributed by atoms with Gasteiger partial charge in [-0.2, -0.15) is 0 Å². The average molecular weight is 393 g/mol. The van der Waals surface area contributed by atoms with E-state index in [0.717, 1.165) is 10.9 Å². The minimum atomic E-state index is -0.0907. The van der Waals surface area contributed by atoms with E-state index in [2.05, 4.69) is 29.8 Å². The van der Waals surface area contributed by atoms with Crippen molar-refractivity contribution in [1.82, 2.24) is 9.47 Å². The van der Waals surface area contributed by atoms with Crippen LogP contribution in [-0.2, 0) is 11.3 Å². The molecule has 124 valence electrons. The van der Waals surface area contributed by atoms with Crippen molar-refractivity contribution in [1.29, 1.82) is 0 Å². The Hall–Kier alpha value is -0.850. The van der Waals surface area contributed by atoms with Crippen LogP contribution in [0.15, 0.2) is 27.6 Å². The topological polar surface area (TPSA) is 68.3 Å². The number of amides is 1. The molecule has 1 aromatic rings. The number of hydrogen-bond donors (Lipinski definition) is 1. The minimum Gasteiger partial charge on any atom is -0.342 e. The van der Waals surface area contributed by atoms with Gasteiger partial charge in [-0.3, -0.25) is 9.59 Å². The number of pyridine rings is 1. The highest BCUT2D eigenvalue weighted by Crippen LogP contribution is 2.27. The minimum absolute atomic E-state index is 0. The first kappa shape index (κ1) is 19.2. The van der Waals surface area contributed by atoms with Crippen LogP contribution in [0.3, 0.4) is 0 Å². The normalized spacial score (nSPS) is 20.4. The van der Waals surface area contributed by atoms with Gasteiger partial charge in [0.25, 0.3) is 5.56 Å². The van der Waals surface area contributed by atoms with Gasteiger partial charge in [0.2, 0.25) is 5.91 Å². The molecule has 1 unspecified atom stereocenters. The van der Waals surface area contributed by atoms with Crippen LogP contribution in [0, 0.1) is 5.41 Å². The number of carbonyl (C=O) groups is 1. The van der Waals surface area contributed by atoms with Gasteiger partial charge in [-0.1, -0.05) is 13.8 Å². The van der Waals surface area contributed by atoms with Crippen LogP contribution in [-0.4, -0.2) is 34.5 Å². The predicted octanol–water partition coefficient (Wildman–Crippen LogP) is 2.01. The van der Waals surface area contributed by atoms with Crippen molar-refractivity contribution >= 4 is 34.2 Å². The maximum atomic E-state index is 12.3. The standard InChI is InChI=1S/C15H22BrN3O2.ClH/c1-15(2)10-19(7-5-12(15)17)14(21)6-8-18-9-11(16)3-4-13(18)20;/h3-4,9,12H,5-8,10,17H2,1-2H3;1H. The molecule has 0 radical (unpaired) electrons. The highest BCUT2D eigenvalue weighted by atomic mass is 79.9. The van der Waals surface area contributed by atoms with Gasteiger partial charge in [0.05, 0.1) is 0 Å². The van der Waals surface area contributed by atoms with Crippen molar-refractivity contribution in [2.45, 2.75) is 39.3 Å². The fourth-order valence-corrected chi connectivity index (χ4v) is 3.02. The van der Waals surface area contributed by atoms with E-state index in [9.17, 15) is 9.59 Å². The number of nitrogens with two attached hydrogens (primary N) is 1. The highest BCUT2D eigenvalue weighted by molar-refractivity contribution is 9.10. The van der Waals surface area contributed by atoms with Crippen molar-refractivity contribution in [3.8, 4) is 0 Å². The van der Waals surface area contributed by atoms with E-state index in [1.165, 1.54) is 6.07 Å². The second-order valence-corrected chi connectivity index (χ2v) is 7.24. The summed E-state index contributed by atoms with van der Waals surface area (Å²) in [6, 6.07) is 3.33. The molecule has 0 aliphatic carbocycles. The molecule has 1 amide bonds. The third kappa shape index (κ3) is 4.57. The predicted molar refractivity (Wildman–Crippen MR) is 93.2 cm³/mol. The molecule has 2 rings (SSSR count). The fraction of sp³-hybridized carbons (Fsp3) is 0.600. The van der Waals surface area contributed by atoms with Gasteiger partial charge in [-0.25, -0.2) is 0 Å². The van der Waals surface area contributed by atoms with Crippen molar-refractivity contribution < 1.29 is 4.79 Å². The number of aryl methyl sites for hydroxylation is 1. The van der Waals surface area contributed by atoms with E-state index in [1.54, 1.807) is 16.8 Å². The van der Waals surface area contributed by atoms with Crippen LogP contribution in [0.2, 0.25) is 0 Å². The number of halogens is 2. The Morgan fingerprint density at radius 3 is 2.77 bits per heavy atom. The molecular formula is C15H23BrClN3O2. The second kappa shape index (κ2) is 7.62. The Balaban J connectivity index is 0.00000242. The molecule has 1 aliphatic rings. The first-order valence-corrected chi connectivity index (χ1v) is 7.98. The molecule has 0 aromatic carbocycles. The third-order valence-electron chi connectivity index (χ3n) is 4.18. The van der Waals surface area contributed by atoms with Gasteiger partial charge in [0, 0.05) is 48.8 Å². The molecule has 1 saturated heterocycles. The molecule has 0 saturated carbocycles. The van der Waals surface area contributed by atoms with Gasteiger partial charge in [-0.05, 0) is 33.8 Å². The Morgan fingerprint density at radius 1 is 1.45 bits per heavy atom. The average Bonchev–Trinajstić information content (AvgIpc) is 2.42. The SMILES string of the molecule is CC1(C)CN(C(=O)CCn2cc(Br)ccc2=O)CCC1N.Cl. The molecule has 1 aliphatic heterocycles. The van der Waals surface area contributed by atoms with Gasteiger partial charge >= 0.3 is 0 Å². The molecular weight excluding hydrogens is 370 g/mol. The summed E-state index contributed by atoms with van der Waals surface area (Å²) >= 11 is 3.33. The lowest BCUT2D eigenvalue weighted by Crippen LogP contribution is -2.54. The number of aromatic nitrogens is 1. The third-order valence-corrected chi connectivity index (χ3v) is 4.65. The molecule has 0 spiro atoms. The number of likely N-dealkylation sites (tertiary alicyclic amines) is 1. The molecule has 0 bridgehead atoms. The lowest BCUT2D eigenvalue weighted by molar-refractivity contribution is -0.134. The zero-order valence-corrected chi connectivity index (χ0v) is 15.3. The maximum absolute atomic E-state index is 12.3. The van der Waals surface area contributed by atoms with Crippen molar-refractivity contribution in [3.63, 3.8) is 0 Å². The summed E-state index contributed by atoms with van der Waals surface area (Å²) in [6.45, 7) is 5.98. The van der Waals surface area contributed by atoms with E-state index in [4.69, 9.17) is 5.73 Å². The van der Waals surface area contributed by atoms with Crippen LogP contribution < -0.4 is 11.3 Å². The van der Waals surface area contributed by atoms with Gasteiger partial charge in [0.1, 0.15) is 0 Å². The number of carbonyl (C=O) groups excluding carboxylic acids is 1. The van der Waals surface area contributed by atoms with Crippen molar-refractivity contribution in [2.24, 2.45) is 11.1 Å². The van der Waals surface area contributed by atoms with E-state index in [0.29, 0.717) is 26.1 Å². The maximum Gasteiger partial charge on any atom is 0.250 e. The quantitative estimate of drug-likeness (QED) is 0.855. The molecule has 1 aromatic heterocycles. The molecule has 1 atom stereocenters. The Labute approximate surface area is 145 Å². The lowest BCUT2D eigenvalue weighted by atomic mass is 9.79. The highest BCUT2D eigenvalue weighted by Gasteiger charge is 2.35. The number of hydrogen-bond acceptors (Lipinski definition) is 3. The van der Waals surface area contributed by atoms with Crippen LogP contribution in [0.5, 0.6) is 0 Å². The summed E-state index contributed by atoms with van der Waals surface area (Å²) in [5.74, 6) is 0.0850. The molecule has 1 fully saturated rings. The van der Waals surface area contributed by atoms with E-state index in [-0.39, 0.29) is 35.3 Å². The summed E-state index contributed by atoms with van der Waals surface area (Å²) in [7, 11) is 0. The molecule has 5 nitrogen and oxygen atoms in total. The second-order valence-electron chi connectivity index (χ2n) is 6.33. The zero-order chi connectivity index (χ0) is 15.6. The summed E-state index contributed by atoms with van der Waals surface area (Å²) in [5, 5.41) is 0. The largest absolute Gasteiger partial charge is 0.342 e. The summed E-state index contributed by atoms with van der Waals surface area (Å²) < 4.78 is 2.39. The van der Waals surface area contributed by atoms with E-state index >= 15 is 0 Å². The van der Waals surface area contributed by atoms with Gasteiger partial charge in [0.15, 0.2) is 0 Å². The summed E-state index contributed by atoms with van der Waals surface area (Å²) in [4.78, 5) is 25.9. The summed E-state index contributed by atoms with van der Waals surface area (Å²) in [5.41, 5.74) is 5.94. The zero-order valence-electron chi connectivity index (χ0n) is 12.9. The monoisotopic (exact) mass is 391 g/mol. The Bertz CT molecular complexity index is 588. The van der Waals surface area contributed by atoms with Crippen molar-refractivity contribution in [2.75, 3.05) is 13.1 Å². The summed E-state index contributed by atoms with van der Waals surface area (Å²) in [6.07, 6.45) is 2.88. The van der Waals surface area contributed by atoms with E-state index < -0.39 is 0 Å². The van der Waals surface area contributed by atoms with Crippen LogP contribution in [0.4, 0.5) is 0 Å². The smallest absolute Gasteiger partial charge is 0.250 e. The molecule has 2 N–H and O–H groups in total. The number of piperidine rings is 1. The first-order chi connectivity index (χ1) is 9.79. The van der Waals surface area contributed by atoms with E-state index in [1.807, 2.05) is 4.90 Å². The van der Waals surface area contributed by atoms with Crippen LogP contribution >= 0.6 is 28.3 Å². The van der Waals surface area contributed by atoms with Gasteiger partial charge in [-0.15, -0.1) is 12.4 Å². The molecule has 22 heavy (non-hydrogen) atoms. The van der Waals surface area contributed by atoms with Crippen LogP contribution in [0.25, 0.3) is 0 Å². The van der Waals surface area contributed by atoms with Crippen LogP contribution in [0.1, 0.15) is 26.7 Å². The Morgan fingerprint density at radius 2 is 2.14 bits per heavy atom. The first-order valence-electron chi connectivity index (χ1n) is 7.19.